The average molecular weight is 369 g/mol. The summed E-state index contributed by atoms with van der Waals surface area (Å²) in [5, 5.41) is 12.8. The molecule has 7 heteroatoms. The number of esters is 1. The molecule has 2 aromatic rings. The number of para-hydroxylation sites is 3. The van der Waals surface area contributed by atoms with Crippen LogP contribution in [0.2, 0.25) is 0 Å². The number of nitrogens with zero attached hydrogens (tertiary/aromatic N) is 2. The largest absolute Gasteiger partial charge is 0.506 e. The van der Waals surface area contributed by atoms with Gasteiger partial charge in [0.1, 0.15) is 5.75 Å². The molecule has 0 bridgehead atoms. The predicted octanol–water partition coefficient (Wildman–Crippen LogP) is 1.94. The van der Waals surface area contributed by atoms with Gasteiger partial charge >= 0.3 is 5.97 Å². The number of carbonyl (C=O) groups excluding carboxylic acids is 2. The van der Waals surface area contributed by atoms with Gasteiger partial charge in [-0.05, 0) is 24.3 Å². The van der Waals surface area contributed by atoms with Gasteiger partial charge in [-0.1, -0.05) is 24.3 Å². The van der Waals surface area contributed by atoms with Crippen LogP contribution in [0.25, 0.3) is 0 Å². The number of aromatic hydroxyl groups is 1. The molecule has 0 saturated carbocycles. The van der Waals surface area contributed by atoms with Gasteiger partial charge in [0, 0.05) is 26.2 Å². The van der Waals surface area contributed by atoms with Crippen molar-refractivity contribution in [1.29, 1.82) is 0 Å². The topological polar surface area (TPSA) is 82.1 Å². The Morgan fingerprint density at radius 3 is 2.41 bits per heavy atom. The van der Waals surface area contributed by atoms with Gasteiger partial charge in [-0.25, -0.2) is 4.79 Å². The van der Waals surface area contributed by atoms with Crippen LogP contribution in [0, 0.1) is 0 Å². The molecule has 7 nitrogen and oxygen atoms in total. The Kier molecular flexibility index (Phi) is 5.93. The van der Waals surface area contributed by atoms with E-state index < -0.39 is 5.97 Å². The minimum Gasteiger partial charge on any atom is -0.506 e. The highest BCUT2D eigenvalue weighted by Crippen LogP contribution is 2.27. The molecule has 27 heavy (non-hydrogen) atoms. The van der Waals surface area contributed by atoms with E-state index in [-0.39, 0.29) is 18.2 Å². The summed E-state index contributed by atoms with van der Waals surface area (Å²) in [6.45, 7) is 3.11. The van der Waals surface area contributed by atoms with Crippen molar-refractivity contribution in [1.82, 2.24) is 4.90 Å². The number of nitrogens with one attached hydrogen (secondary N) is 1. The summed E-state index contributed by atoms with van der Waals surface area (Å²) in [6, 6.07) is 14.0. The van der Waals surface area contributed by atoms with Crippen molar-refractivity contribution in [2.24, 2.45) is 0 Å². The van der Waals surface area contributed by atoms with Crippen LogP contribution in [0.15, 0.2) is 48.5 Å². The van der Waals surface area contributed by atoms with Gasteiger partial charge in [-0.15, -0.1) is 0 Å². The van der Waals surface area contributed by atoms with Gasteiger partial charge in [0.2, 0.25) is 5.91 Å². The summed E-state index contributed by atoms with van der Waals surface area (Å²) < 4.78 is 4.75. The van der Waals surface area contributed by atoms with Crippen molar-refractivity contribution in [2.75, 3.05) is 50.1 Å². The second-order valence-electron chi connectivity index (χ2n) is 6.34. The number of benzene rings is 2. The zero-order chi connectivity index (χ0) is 19.2. The van der Waals surface area contributed by atoms with Gasteiger partial charge in [-0.3, -0.25) is 9.69 Å². The number of piperazine rings is 1. The molecule has 1 aliphatic heterocycles. The lowest BCUT2D eigenvalue weighted by atomic mass is 10.2. The monoisotopic (exact) mass is 369 g/mol. The summed E-state index contributed by atoms with van der Waals surface area (Å²) >= 11 is 0. The van der Waals surface area contributed by atoms with Crippen LogP contribution in [0.5, 0.6) is 5.75 Å². The molecule has 1 fully saturated rings. The summed E-state index contributed by atoms with van der Waals surface area (Å²) in [7, 11) is 1.31. The first-order chi connectivity index (χ1) is 13.1. The van der Waals surface area contributed by atoms with E-state index in [2.05, 4.69) is 10.2 Å². The van der Waals surface area contributed by atoms with Crippen LogP contribution >= 0.6 is 0 Å². The highest BCUT2D eigenvalue weighted by Gasteiger charge is 2.21. The van der Waals surface area contributed by atoms with Crippen molar-refractivity contribution in [3.05, 3.63) is 54.1 Å². The van der Waals surface area contributed by atoms with E-state index in [4.69, 9.17) is 4.74 Å². The molecule has 1 heterocycles. The van der Waals surface area contributed by atoms with Crippen molar-refractivity contribution < 1.29 is 19.4 Å². The zero-order valence-electron chi connectivity index (χ0n) is 15.2. The summed E-state index contributed by atoms with van der Waals surface area (Å²) in [5.41, 5.74) is 1.59. The summed E-state index contributed by atoms with van der Waals surface area (Å²) in [6.07, 6.45) is 0. The molecule has 1 aliphatic rings. The van der Waals surface area contributed by atoms with Crippen LogP contribution < -0.4 is 10.2 Å². The number of carbonyl (C=O) groups is 2. The molecule has 0 radical (unpaired) electrons. The molecule has 142 valence electrons. The van der Waals surface area contributed by atoms with E-state index in [1.807, 2.05) is 17.0 Å². The molecule has 0 aliphatic carbocycles. The molecular formula is C20H23N3O4. The van der Waals surface area contributed by atoms with Crippen LogP contribution in [0.1, 0.15) is 10.4 Å². The lowest BCUT2D eigenvalue weighted by Gasteiger charge is -2.35. The number of phenols is 1. The Hall–Kier alpha value is -3.06. The number of hydrogen-bond donors (Lipinski definition) is 2. The van der Waals surface area contributed by atoms with Gasteiger partial charge in [0.15, 0.2) is 0 Å². The maximum atomic E-state index is 12.4. The van der Waals surface area contributed by atoms with E-state index >= 15 is 0 Å². The Morgan fingerprint density at radius 2 is 1.70 bits per heavy atom. The minimum atomic E-state index is -0.484. The maximum Gasteiger partial charge on any atom is 0.339 e. The van der Waals surface area contributed by atoms with E-state index in [0.717, 1.165) is 18.8 Å². The molecule has 0 spiro atoms. The normalized spacial score (nSPS) is 14.6. The third-order valence-corrected chi connectivity index (χ3v) is 4.57. The second-order valence-corrected chi connectivity index (χ2v) is 6.34. The van der Waals surface area contributed by atoms with Gasteiger partial charge < -0.3 is 20.1 Å². The number of anilines is 2. The molecule has 2 aromatic carbocycles. The fourth-order valence-corrected chi connectivity index (χ4v) is 3.15. The molecule has 1 amide bonds. The lowest BCUT2D eigenvalue weighted by Crippen LogP contribution is -2.48. The van der Waals surface area contributed by atoms with E-state index in [1.54, 1.807) is 36.4 Å². The number of rotatable bonds is 5. The summed E-state index contributed by atoms with van der Waals surface area (Å²) in [5.74, 6) is -0.396. The number of phenolic OH excluding ortho intramolecular Hbond substituents is 1. The standard InChI is InChI=1S/C20H23N3O4/c1-27-20(26)15-6-2-3-7-16(15)21-19(25)14-22-10-12-23(13-11-22)17-8-4-5-9-18(17)24/h2-9,24H,10-14H2,1H3,(H,21,25). The molecule has 3 rings (SSSR count). The van der Waals surface area contributed by atoms with E-state index in [1.165, 1.54) is 7.11 Å². The van der Waals surface area contributed by atoms with Crippen LogP contribution in [0.3, 0.4) is 0 Å². The van der Waals surface area contributed by atoms with Gasteiger partial charge in [0.05, 0.1) is 30.6 Å². The van der Waals surface area contributed by atoms with Crippen LogP contribution in [-0.4, -0.2) is 61.7 Å². The van der Waals surface area contributed by atoms with E-state index in [0.29, 0.717) is 24.3 Å². The second kappa shape index (κ2) is 8.55. The molecule has 0 atom stereocenters. The fraction of sp³-hybridized carbons (Fsp3) is 0.300. The SMILES string of the molecule is COC(=O)c1ccccc1NC(=O)CN1CCN(c2ccccc2O)CC1. The van der Waals surface area contributed by atoms with Crippen molar-refractivity contribution in [3.8, 4) is 5.75 Å². The molecule has 2 N–H and O–H groups in total. The smallest absolute Gasteiger partial charge is 0.339 e. The third kappa shape index (κ3) is 4.57. The van der Waals surface area contributed by atoms with Gasteiger partial charge in [-0.2, -0.15) is 0 Å². The Balaban J connectivity index is 1.55. The highest BCUT2D eigenvalue weighted by atomic mass is 16.5. The zero-order valence-corrected chi connectivity index (χ0v) is 15.2. The Morgan fingerprint density at radius 1 is 1.04 bits per heavy atom. The first kappa shape index (κ1) is 18.7. The average Bonchev–Trinajstić information content (AvgIpc) is 2.69. The lowest BCUT2D eigenvalue weighted by molar-refractivity contribution is -0.117. The molecule has 1 saturated heterocycles. The quantitative estimate of drug-likeness (QED) is 0.784. The van der Waals surface area contributed by atoms with E-state index in [9.17, 15) is 14.7 Å². The highest BCUT2D eigenvalue weighted by molar-refractivity contribution is 6.01. The van der Waals surface area contributed by atoms with Crippen molar-refractivity contribution >= 4 is 23.3 Å². The molecular weight excluding hydrogens is 346 g/mol. The van der Waals surface area contributed by atoms with Gasteiger partial charge in [0.25, 0.3) is 0 Å². The minimum absolute atomic E-state index is 0.178. The van der Waals surface area contributed by atoms with Crippen molar-refractivity contribution in [3.63, 3.8) is 0 Å². The summed E-state index contributed by atoms with van der Waals surface area (Å²) in [4.78, 5) is 28.3. The number of hydrogen-bond acceptors (Lipinski definition) is 6. The van der Waals surface area contributed by atoms with Crippen LogP contribution in [0.4, 0.5) is 11.4 Å². The third-order valence-electron chi connectivity index (χ3n) is 4.57. The maximum absolute atomic E-state index is 12.4. The predicted molar refractivity (Wildman–Crippen MR) is 103 cm³/mol. The Bertz CT molecular complexity index is 816. The number of methoxy groups -OCH3 is 1. The first-order valence-electron chi connectivity index (χ1n) is 8.81. The molecule has 0 unspecified atom stereocenters. The Labute approximate surface area is 158 Å². The van der Waals surface area contributed by atoms with Crippen molar-refractivity contribution in [2.45, 2.75) is 0 Å². The first-order valence-corrected chi connectivity index (χ1v) is 8.81. The molecule has 0 aromatic heterocycles. The number of amides is 1. The number of ether oxygens (including phenoxy) is 1. The fourth-order valence-electron chi connectivity index (χ4n) is 3.15. The van der Waals surface area contributed by atoms with Crippen LogP contribution in [-0.2, 0) is 9.53 Å².